The second kappa shape index (κ2) is 8.59. The molecule has 126 valence electrons. The minimum Gasteiger partial charge on any atom is -0.444 e. The smallest absolute Gasteiger partial charge is 0.407 e. The zero-order valence-electron chi connectivity index (χ0n) is 15.0. The molecule has 0 bridgehead atoms. The van der Waals surface area contributed by atoms with Crippen LogP contribution in [0.25, 0.3) is 0 Å². The number of alkyl carbamates (subject to hydrolysis) is 1. The number of carbonyl (C=O) groups is 1. The van der Waals surface area contributed by atoms with Crippen molar-refractivity contribution in [3.8, 4) is 0 Å². The Labute approximate surface area is 130 Å². The number of amides is 1. The summed E-state index contributed by atoms with van der Waals surface area (Å²) in [7, 11) is 1.73. The normalized spacial score (nSPS) is 15.4. The third kappa shape index (κ3) is 10.5. The van der Waals surface area contributed by atoms with E-state index in [1.807, 2.05) is 27.7 Å². The standard InChI is InChI=1S/C16H34N2O3/c1-9-13(18-14(19)21-15(3,4)5)11-17-12(2)10-16(6,7)20-8/h12-13,17H,9-11H2,1-8H3,(H,18,19). The second-order valence-corrected chi connectivity index (χ2v) is 7.23. The molecule has 0 aliphatic rings. The van der Waals surface area contributed by atoms with Gasteiger partial charge >= 0.3 is 6.09 Å². The van der Waals surface area contributed by atoms with Crippen molar-refractivity contribution >= 4 is 6.09 Å². The largest absolute Gasteiger partial charge is 0.444 e. The van der Waals surface area contributed by atoms with Crippen molar-refractivity contribution in [2.75, 3.05) is 13.7 Å². The Hall–Kier alpha value is -0.810. The summed E-state index contributed by atoms with van der Waals surface area (Å²) in [6.45, 7) is 14.6. The van der Waals surface area contributed by atoms with E-state index in [9.17, 15) is 4.79 Å². The average Bonchev–Trinajstić information content (AvgIpc) is 2.31. The average molecular weight is 302 g/mol. The number of hydrogen-bond acceptors (Lipinski definition) is 4. The summed E-state index contributed by atoms with van der Waals surface area (Å²) in [5.74, 6) is 0. The number of carbonyl (C=O) groups excluding carboxylic acids is 1. The van der Waals surface area contributed by atoms with Crippen LogP contribution in [0.2, 0.25) is 0 Å². The van der Waals surface area contributed by atoms with Crippen LogP contribution in [0, 0.1) is 0 Å². The van der Waals surface area contributed by atoms with Gasteiger partial charge in [-0.25, -0.2) is 4.79 Å². The Morgan fingerprint density at radius 1 is 1.19 bits per heavy atom. The lowest BCUT2D eigenvalue weighted by Crippen LogP contribution is -2.46. The SMILES string of the molecule is CCC(CNC(C)CC(C)(C)OC)NC(=O)OC(C)(C)C. The van der Waals surface area contributed by atoms with Crippen molar-refractivity contribution in [2.24, 2.45) is 0 Å². The summed E-state index contributed by atoms with van der Waals surface area (Å²) in [6.07, 6.45) is 1.40. The van der Waals surface area contributed by atoms with E-state index in [0.29, 0.717) is 6.04 Å². The molecular formula is C16H34N2O3. The highest BCUT2D eigenvalue weighted by atomic mass is 16.6. The van der Waals surface area contributed by atoms with E-state index in [1.165, 1.54) is 0 Å². The molecule has 5 heteroatoms. The van der Waals surface area contributed by atoms with Gasteiger partial charge in [0.25, 0.3) is 0 Å². The van der Waals surface area contributed by atoms with E-state index in [-0.39, 0.29) is 17.7 Å². The van der Waals surface area contributed by atoms with Gasteiger partial charge in [0.05, 0.1) is 5.60 Å². The molecule has 0 spiro atoms. The van der Waals surface area contributed by atoms with Gasteiger partial charge in [0.15, 0.2) is 0 Å². The lowest BCUT2D eigenvalue weighted by atomic mass is 9.99. The molecular weight excluding hydrogens is 268 g/mol. The number of hydrogen-bond donors (Lipinski definition) is 2. The van der Waals surface area contributed by atoms with Gasteiger partial charge < -0.3 is 20.1 Å². The predicted octanol–water partition coefficient (Wildman–Crippen LogP) is 3.08. The van der Waals surface area contributed by atoms with Crippen molar-refractivity contribution in [3.05, 3.63) is 0 Å². The number of rotatable bonds is 8. The van der Waals surface area contributed by atoms with E-state index < -0.39 is 5.60 Å². The quantitative estimate of drug-likeness (QED) is 0.723. The van der Waals surface area contributed by atoms with Gasteiger partial charge in [-0.3, -0.25) is 0 Å². The molecule has 0 rings (SSSR count). The van der Waals surface area contributed by atoms with Gasteiger partial charge in [-0.2, -0.15) is 0 Å². The van der Waals surface area contributed by atoms with Crippen LogP contribution in [0.5, 0.6) is 0 Å². The second-order valence-electron chi connectivity index (χ2n) is 7.23. The number of nitrogens with one attached hydrogen (secondary N) is 2. The molecule has 0 aromatic rings. The molecule has 2 N–H and O–H groups in total. The summed E-state index contributed by atoms with van der Waals surface area (Å²) in [5, 5.41) is 6.34. The van der Waals surface area contributed by atoms with Gasteiger partial charge in [0, 0.05) is 25.7 Å². The molecule has 0 aliphatic carbocycles. The van der Waals surface area contributed by atoms with Gasteiger partial charge in [-0.05, 0) is 54.4 Å². The zero-order valence-corrected chi connectivity index (χ0v) is 15.0. The van der Waals surface area contributed by atoms with Crippen molar-refractivity contribution in [2.45, 2.75) is 84.6 Å². The first-order valence-electron chi connectivity index (χ1n) is 7.77. The highest BCUT2D eigenvalue weighted by molar-refractivity contribution is 5.68. The summed E-state index contributed by atoms with van der Waals surface area (Å²) >= 11 is 0. The first-order valence-corrected chi connectivity index (χ1v) is 7.77. The first-order chi connectivity index (χ1) is 9.49. The Morgan fingerprint density at radius 3 is 2.19 bits per heavy atom. The van der Waals surface area contributed by atoms with E-state index in [4.69, 9.17) is 9.47 Å². The summed E-state index contributed by atoms with van der Waals surface area (Å²) in [5.41, 5.74) is -0.613. The van der Waals surface area contributed by atoms with E-state index in [0.717, 1.165) is 19.4 Å². The minimum atomic E-state index is -0.467. The monoisotopic (exact) mass is 302 g/mol. The molecule has 0 aromatic heterocycles. The Balaban J connectivity index is 4.18. The summed E-state index contributed by atoms with van der Waals surface area (Å²) in [6, 6.07) is 0.377. The summed E-state index contributed by atoms with van der Waals surface area (Å²) < 4.78 is 10.7. The molecule has 2 atom stereocenters. The van der Waals surface area contributed by atoms with Crippen LogP contribution in [0.1, 0.15) is 61.3 Å². The van der Waals surface area contributed by atoms with Gasteiger partial charge in [0.1, 0.15) is 5.60 Å². The minimum absolute atomic E-state index is 0.0629. The van der Waals surface area contributed by atoms with Crippen molar-refractivity contribution in [3.63, 3.8) is 0 Å². The molecule has 21 heavy (non-hydrogen) atoms. The molecule has 0 saturated carbocycles. The van der Waals surface area contributed by atoms with E-state index in [1.54, 1.807) is 7.11 Å². The van der Waals surface area contributed by atoms with Crippen LogP contribution in [0.15, 0.2) is 0 Å². The highest BCUT2D eigenvalue weighted by Gasteiger charge is 2.22. The fraction of sp³-hybridized carbons (Fsp3) is 0.938. The molecule has 0 fully saturated rings. The van der Waals surface area contributed by atoms with Gasteiger partial charge in [-0.1, -0.05) is 6.92 Å². The zero-order chi connectivity index (χ0) is 16.7. The first kappa shape index (κ1) is 20.2. The maximum Gasteiger partial charge on any atom is 0.407 e. The van der Waals surface area contributed by atoms with Crippen LogP contribution < -0.4 is 10.6 Å². The van der Waals surface area contributed by atoms with E-state index in [2.05, 4.69) is 31.4 Å². The van der Waals surface area contributed by atoms with Crippen LogP contribution >= 0.6 is 0 Å². The fourth-order valence-electron chi connectivity index (χ4n) is 2.01. The maximum absolute atomic E-state index is 11.8. The maximum atomic E-state index is 11.8. The van der Waals surface area contributed by atoms with Crippen molar-refractivity contribution < 1.29 is 14.3 Å². The van der Waals surface area contributed by atoms with Crippen molar-refractivity contribution in [1.29, 1.82) is 0 Å². The number of ether oxygens (including phenoxy) is 2. The molecule has 0 radical (unpaired) electrons. The lowest BCUT2D eigenvalue weighted by Gasteiger charge is -2.28. The highest BCUT2D eigenvalue weighted by Crippen LogP contribution is 2.15. The third-order valence-corrected chi connectivity index (χ3v) is 3.28. The topological polar surface area (TPSA) is 59.6 Å². The molecule has 5 nitrogen and oxygen atoms in total. The predicted molar refractivity (Wildman–Crippen MR) is 86.6 cm³/mol. The molecule has 2 unspecified atom stereocenters. The Bertz CT molecular complexity index is 311. The molecule has 0 saturated heterocycles. The van der Waals surface area contributed by atoms with Crippen LogP contribution in [-0.4, -0.2) is 43.0 Å². The molecule has 0 aromatic carbocycles. The summed E-state index contributed by atoms with van der Waals surface area (Å²) in [4.78, 5) is 11.8. The third-order valence-electron chi connectivity index (χ3n) is 3.28. The molecule has 0 heterocycles. The van der Waals surface area contributed by atoms with Gasteiger partial charge in [0.2, 0.25) is 0 Å². The Morgan fingerprint density at radius 2 is 1.76 bits per heavy atom. The van der Waals surface area contributed by atoms with Gasteiger partial charge in [-0.15, -0.1) is 0 Å². The van der Waals surface area contributed by atoms with Crippen molar-refractivity contribution in [1.82, 2.24) is 10.6 Å². The van der Waals surface area contributed by atoms with Crippen LogP contribution in [0.4, 0.5) is 4.79 Å². The Kier molecular flexibility index (Phi) is 8.26. The fourth-order valence-corrected chi connectivity index (χ4v) is 2.01. The lowest BCUT2D eigenvalue weighted by molar-refractivity contribution is 0.00826. The van der Waals surface area contributed by atoms with Crippen LogP contribution in [0.3, 0.4) is 0 Å². The van der Waals surface area contributed by atoms with E-state index >= 15 is 0 Å². The number of methoxy groups -OCH3 is 1. The molecule has 1 amide bonds. The molecule has 0 aliphatic heterocycles. The van der Waals surface area contributed by atoms with Crippen LogP contribution in [-0.2, 0) is 9.47 Å².